The molecule has 1 aromatic heterocycles. The lowest BCUT2D eigenvalue weighted by molar-refractivity contribution is -0.137. The number of benzene rings is 1. The van der Waals surface area contributed by atoms with Crippen LogP contribution in [0.15, 0.2) is 24.4 Å². The van der Waals surface area contributed by atoms with Crippen LogP contribution < -0.4 is 10.3 Å². The summed E-state index contributed by atoms with van der Waals surface area (Å²) in [6.07, 6.45) is 2.17. The summed E-state index contributed by atoms with van der Waals surface area (Å²) in [5.41, 5.74) is 3.28. The molecular formula is C13H14N2O5. The number of hydrogen-bond donors (Lipinski definition) is 4. The number of aromatic nitrogens is 1. The number of nitrogens with one attached hydrogen (secondary N) is 2. The Morgan fingerprint density at radius 3 is 3.00 bits per heavy atom. The first-order valence-electron chi connectivity index (χ1n) is 5.99. The summed E-state index contributed by atoms with van der Waals surface area (Å²) in [5.74, 6) is -0.464. The Bertz CT molecular complexity index is 622. The van der Waals surface area contributed by atoms with Crippen molar-refractivity contribution in [1.29, 1.82) is 0 Å². The van der Waals surface area contributed by atoms with Crippen molar-refractivity contribution in [3.63, 3.8) is 0 Å². The third kappa shape index (κ3) is 3.27. The standard InChI is InChI=1S/C13H14N2O5/c16-7-8(1-4-13(18)19)15-20-12-6-14-11-3-2-9(17)5-10(11)12/h2-3,5-8,14-15,17H,1,4H2,(H,18,19)/t8-/m0/s1. The lowest BCUT2D eigenvalue weighted by atomic mass is 10.2. The van der Waals surface area contributed by atoms with Crippen LogP contribution in [0.4, 0.5) is 0 Å². The van der Waals surface area contributed by atoms with Gasteiger partial charge in [0.1, 0.15) is 12.0 Å². The van der Waals surface area contributed by atoms with Gasteiger partial charge in [0.15, 0.2) is 5.75 Å². The Hall–Kier alpha value is -2.54. The van der Waals surface area contributed by atoms with Crippen molar-refractivity contribution in [2.24, 2.45) is 0 Å². The van der Waals surface area contributed by atoms with Gasteiger partial charge >= 0.3 is 5.97 Å². The maximum Gasteiger partial charge on any atom is 0.303 e. The molecule has 4 N–H and O–H groups in total. The molecule has 0 amide bonds. The van der Waals surface area contributed by atoms with Crippen LogP contribution in [0.1, 0.15) is 12.8 Å². The number of phenolic OH excluding ortho intramolecular Hbond substituents is 1. The van der Waals surface area contributed by atoms with Gasteiger partial charge < -0.3 is 24.8 Å². The minimum absolute atomic E-state index is 0.0970. The van der Waals surface area contributed by atoms with E-state index in [1.807, 2.05) is 0 Å². The van der Waals surface area contributed by atoms with Gasteiger partial charge in [-0.25, -0.2) is 0 Å². The summed E-state index contributed by atoms with van der Waals surface area (Å²) < 4.78 is 0. The Labute approximate surface area is 114 Å². The molecule has 1 heterocycles. The average molecular weight is 278 g/mol. The zero-order valence-corrected chi connectivity index (χ0v) is 10.5. The molecule has 0 radical (unpaired) electrons. The van der Waals surface area contributed by atoms with E-state index >= 15 is 0 Å². The molecule has 106 valence electrons. The molecule has 20 heavy (non-hydrogen) atoms. The molecule has 0 fully saturated rings. The van der Waals surface area contributed by atoms with E-state index in [4.69, 9.17) is 9.94 Å². The molecule has 0 unspecified atom stereocenters. The first-order chi connectivity index (χ1) is 9.60. The Morgan fingerprint density at radius 1 is 1.50 bits per heavy atom. The maximum absolute atomic E-state index is 10.8. The molecule has 7 heteroatoms. The number of aromatic hydroxyl groups is 1. The molecule has 0 aliphatic heterocycles. The monoisotopic (exact) mass is 278 g/mol. The minimum Gasteiger partial charge on any atom is -0.508 e. The normalized spacial score (nSPS) is 12.2. The van der Waals surface area contributed by atoms with Crippen LogP contribution in [-0.2, 0) is 9.59 Å². The van der Waals surface area contributed by atoms with E-state index in [9.17, 15) is 14.7 Å². The third-order valence-electron chi connectivity index (χ3n) is 2.78. The van der Waals surface area contributed by atoms with Crippen LogP contribution in [0.3, 0.4) is 0 Å². The first kappa shape index (κ1) is 13.9. The summed E-state index contributed by atoms with van der Waals surface area (Å²) >= 11 is 0. The molecule has 1 aromatic carbocycles. The Balaban J connectivity index is 2.02. The number of aldehydes is 1. The van der Waals surface area contributed by atoms with Crippen LogP contribution in [0.25, 0.3) is 10.9 Å². The number of phenols is 1. The van der Waals surface area contributed by atoms with E-state index in [-0.39, 0.29) is 18.6 Å². The van der Waals surface area contributed by atoms with Crippen molar-refractivity contribution in [1.82, 2.24) is 10.5 Å². The molecule has 7 nitrogen and oxygen atoms in total. The largest absolute Gasteiger partial charge is 0.508 e. The number of carbonyl (C=O) groups is 2. The second-order valence-corrected chi connectivity index (χ2v) is 4.28. The fourth-order valence-electron chi connectivity index (χ4n) is 1.74. The number of aromatic amines is 1. The van der Waals surface area contributed by atoms with Crippen LogP contribution in [0, 0.1) is 0 Å². The van der Waals surface area contributed by atoms with Gasteiger partial charge in [-0.2, -0.15) is 0 Å². The number of carboxylic acids is 1. The van der Waals surface area contributed by atoms with Crippen molar-refractivity contribution in [3.8, 4) is 11.5 Å². The van der Waals surface area contributed by atoms with E-state index in [0.717, 1.165) is 5.52 Å². The first-order valence-corrected chi connectivity index (χ1v) is 5.99. The number of H-pyrrole nitrogens is 1. The van der Waals surface area contributed by atoms with Crippen molar-refractivity contribution in [2.75, 3.05) is 0 Å². The van der Waals surface area contributed by atoms with Crippen LogP contribution in [-0.4, -0.2) is 33.5 Å². The molecule has 2 aromatic rings. The number of carboxylic acid groups (broad SMARTS) is 1. The molecule has 2 rings (SSSR count). The number of hydrogen-bond acceptors (Lipinski definition) is 5. The zero-order chi connectivity index (χ0) is 14.5. The van der Waals surface area contributed by atoms with Crippen molar-refractivity contribution in [2.45, 2.75) is 18.9 Å². The molecule has 0 saturated carbocycles. The number of rotatable bonds is 7. The summed E-state index contributed by atoms with van der Waals surface area (Å²) in [7, 11) is 0. The zero-order valence-electron chi connectivity index (χ0n) is 10.5. The smallest absolute Gasteiger partial charge is 0.303 e. The van der Waals surface area contributed by atoms with E-state index in [0.29, 0.717) is 17.4 Å². The lowest BCUT2D eigenvalue weighted by Crippen LogP contribution is -2.33. The predicted octanol–water partition coefficient (Wildman–Crippen LogP) is 1.19. The van der Waals surface area contributed by atoms with Gasteiger partial charge in [0.2, 0.25) is 0 Å². The Morgan fingerprint density at radius 2 is 2.30 bits per heavy atom. The summed E-state index contributed by atoms with van der Waals surface area (Å²) in [4.78, 5) is 29.5. The highest BCUT2D eigenvalue weighted by atomic mass is 16.6. The second-order valence-electron chi connectivity index (χ2n) is 4.28. The number of fused-ring (bicyclic) bond motifs is 1. The van der Waals surface area contributed by atoms with Gasteiger partial charge in [-0.1, -0.05) is 0 Å². The van der Waals surface area contributed by atoms with E-state index in [2.05, 4.69) is 10.5 Å². The van der Waals surface area contributed by atoms with Crippen LogP contribution >= 0.6 is 0 Å². The van der Waals surface area contributed by atoms with E-state index in [1.54, 1.807) is 12.3 Å². The van der Waals surface area contributed by atoms with Gasteiger partial charge in [-0.05, 0) is 24.6 Å². The summed E-state index contributed by atoms with van der Waals surface area (Å²) in [6, 6.07) is 4.04. The van der Waals surface area contributed by atoms with Gasteiger partial charge in [0, 0.05) is 23.5 Å². The topological polar surface area (TPSA) is 112 Å². The Kier molecular flexibility index (Phi) is 4.21. The number of carbonyl (C=O) groups excluding carboxylic acids is 1. The summed E-state index contributed by atoms with van der Waals surface area (Å²) in [6.45, 7) is 0. The predicted molar refractivity (Wildman–Crippen MR) is 70.4 cm³/mol. The molecule has 0 saturated heterocycles. The van der Waals surface area contributed by atoms with Crippen molar-refractivity contribution >= 4 is 23.2 Å². The molecule has 0 bridgehead atoms. The van der Waals surface area contributed by atoms with Gasteiger partial charge in [0.25, 0.3) is 0 Å². The molecule has 0 aliphatic carbocycles. The second kappa shape index (κ2) is 6.07. The van der Waals surface area contributed by atoms with Crippen molar-refractivity contribution < 1.29 is 24.6 Å². The van der Waals surface area contributed by atoms with Crippen LogP contribution in [0.5, 0.6) is 11.5 Å². The number of aliphatic carboxylic acids is 1. The maximum atomic E-state index is 10.8. The van der Waals surface area contributed by atoms with E-state index in [1.165, 1.54) is 12.1 Å². The van der Waals surface area contributed by atoms with Crippen LogP contribution in [0.2, 0.25) is 0 Å². The molecule has 0 spiro atoms. The average Bonchev–Trinajstić information content (AvgIpc) is 2.81. The fourth-order valence-corrected chi connectivity index (χ4v) is 1.74. The third-order valence-corrected chi connectivity index (χ3v) is 2.78. The highest BCUT2D eigenvalue weighted by Crippen LogP contribution is 2.28. The van der Waals surface area contributed by atoms with Crippen molar-refractivity contribution in [3.05, 3.63) is 24.4 Å². The van der Waals surface area contributed by atoms with Gasteiger partial charge in [-0.3, -0.25) is 4.79 Å². The molecular weight excluding hydrogens is 264 g/mol. The lowest BCUT2D eigenvalue weighted by Gasteiger charge is -2.11. The molecule has 0 aliphatic rings. The fraction of sp³-hybridized carbons (Fsp3) is 0.231. The number of hydroxylamine groups is 1. The highest BCUT2D eigenvalue weighted by molar-refractivity contribution is 5.87. The van der Waals surface area contributed by atoms with E-state index < -0.39 is 12.0 Å². The summed E-state index contributed by atoms with van der Waals surface area (Å²) in [5, 5.41) is 18.6. The quantitative estimate of drug-likeness (QED) is 0.447. The minimum atomic E-state index is -0.976. The van der Waals surface area contributed by atoms with Gasteiger partial charge in [-0.15, -0.1) is 5.48 Å². The highest BCUT2D eigenvalue weighted by Gasteiger charge is 2.12. The van der Waals surface area contributed by atoms with Gasteiger partial charge in [0.05, 0.1) is 6.04 Å². The molecule has 1 atom stereocenters. The SMILES string of the molecule is O=C[C@H](CCC(=O)O)NOc1c[nH]c2ccc(O)cc12.